The molecule has 0 saturated heterocycles. The average Bonchev–Trinajstić information content (AvgIpc) is 2.91. The number of aromatic amines is 1. The number of carbonyl (C=O) groups excluding carboxylic acids is 1. The number of hydrogen-bond acceptors (Lipinski definition) is 3. The minimum absolute atomic E-state index is 0.253. The Morgan fingerprint density at radius 1 is 1.30 bits per heavy atom. The highest BCUT2D eigenvalue weighted by Crippen LogP contribution is 2.25. The lowest BCUT2D eigenvalue weighted by Gasteiger charge is -2.15. The molecule has 0 unspecified atom stereocenters. The molecule has 3 N–H and O–H groups in total. The molecule has 0 aliphatic carbocycles. The van der Waals surface area contributed by atoms with Gasteiger partial charge in [-0.05, 0) is 17.7 Å². The van der Waals surface area contributed by atoms with Crippen molar-refractivity contribution in [3.63, 3.8) is 0 Å². The first-order valence-electron chi connectivity index (χ1n) is 5.84. The molecule has 1 aromatic heterocycles. The van der Waals surface area contributed by atoms with Gasteiger partial charge in [0.05, 0.1) is 17.4 Å². The van der Waals surface area contributed by atoms with Crippen molar-refractivity contribution in [3.8, 4) is 11.1 Å². The minimum atomic E-state index is -1.21. The zero-order chi connectivity index (χ0) is 14.7. The maximum Gasteiger partial charge on any atom is 0.409 e. The van der Waals surface area contributed by atoms with Gasteiger partial charge in [0.25, 0.3) is 5.91 Å². The van der Waals surface area contributed by atoms with Crippen LogP contribution in [0.5, 0.6) is 0 Å². The molecule has 0 radical (unpaired) electrons. The number of anilines is 1. The summed E-state index contributed by atoms with van der Waals surface area (Å²) in [4.78, 5) is 24.3. The molecule has 0 aliphatic heterocycles. The molecule has 104 valence electrons. The summed E-state index contributed by atoms with van der Waals surface area (Å²) in [5.74, 6) is -0.279. The molecule has 1 heterocycles. The molecule has 0 atom stereocenters. The van der Waals surface area contributed by atoms with Crippen LogP contribution in [-0.4, -0.2) is 46.3 Å². The number of aromatic nitrogens is 2. The number of carboxylic acid groups (broad SMARTS) is 1. The van der Waals surface area contributed by atoms with Crippen molar-refractivity contribution in [2.24, 2.45) is 0 Å². The first kappa shape index (κ1) is 13.6. The topological polar surface area (TPSA) is 98.3 Å². The minimum Gasteiger partial charge on any atom is -0.465 e. The number of carbonyl (C=O) groups is 2. The summed E-state index contributed by atoms with van der Waals surface area (Å²) in [6.45, 7) is 0. The maximum atomic E-state index is 12.1. The van der Waals surface area contributed by atoms with E-state index >= 15 is 0 Å². The summed E-state index contributed by atoms with van der Waals surface area (Å²) in [5.41, 5.74) is 2.14. The predicted molar refractivity (Wildman–Crippen MR) is 73.7 cm³/mol. The van der Waals surface area contributed by atoms with Crippen LogP contribution in [0.15, 0.2) is 30.6 Å². The quantitative estimate of drug-likeness (QED) is 0.795. The second kappa shape index (κ2) is 5.43. The van der Waals surface area contributed by atoms with E-state index < -0.39 is 6.09 Å². The van der Waals surface area contributed by atoms with Crippen LogP contribution in [0.3, 0.4) is 0 Å². The van der Waals surface area contributed by atoms with E-state index in [1.54, 1.807) is 44.7 Å². The van der Waals surface area contributed by atoms with E-state index in [9.17, 15) is 9.59 Å². The van der Waals surface area contributed by atoms with Crippen LogP contribution < -0.4 is 5.32 Å². The zero-order valence-corrected chi connectivity index (χ0v) is 11.0. The zero-order valence-electron chi connectivity index (χ0n) is 11.0. The largest absolute Gasteiger partial charge is 0.465 e. The van der Waals surface area contributed by atoms with Crippen molar-refractivity contribution in [1.29, 1.82) is 0 Å². The highest BCUT2D eigenvalue weighted by atomic mass is 16.4. The van der Waals surface area contributed by atoms with E-state index in [2.05, 4.69) is 15.5 Å². The van der Waals surface area contributed by atoms with Gasteiger partial charge < -0.3 is 10.0 Å². The van der Waals surface area contributed by atoms with Crippen LogP contribution in [0, 0.1) is 0 Å². The van der Waals surface area contributed by atoms with Gasteiger partial charge in [-0.2, -0.15) is 5.10 Å². The van der Waals surface area contributed by atoms with Gasteiger partial charge in [0.15, 0.2) is 0 Å². The number of benzene rings is 1. The lowest BCUT2D eigenvalue weighted by molar-refractivity contribution is 0.0828. The third-order valence-electron chi connectivity index (χ3n) is 2.73. The number of amides is 2. The average molecular weight is 274 g/mol. The van der Waals surface area contributed by atoms with E-state index in [4.69, 9.17) is 5.11 Å². The Bertz CT molecular complexity index is 635. The Hall–Kier alpha value is -2.83. The molecule has 2 aromatic rings. The van der Waals surface area contributed by atoms with E-state index in [1.165, 1.54) is 4.90 Å². The van der Waals surface area contributed by atoms with Crippen LogP contribution in [0.2, 0.25) is 0 Å². The molecule has 0 bridgehead atoms. The summed E-state index contributed by atoms with van der Waals surface area (Å²) in [7, 11) is 3.22. The molecule has 1 aromatic carbocycles. The number of hydrogen-bond donors (Lipinski definition) is 3. The summed E-state index contributed by atoms with van der Waals surface area (Å²) >= 11 is 0. The highest BCUT2D eigenvalue weighted by molar-refractivity contribution is 6.03. The Morgan fingerprint density at radius 2 is 2.05 bits per heavy atom. The normalized spacial score (nSPS) is 10.1. The first-order valence-corrected chi connectivity index (χ1v) is 5.84. The molecule has 7 nitrogen and oxygen atoms in total. The lowest BCUT2D eigenvalue weighted by atomic mass is 10.0. The predicted octanol–water partition coefficient (Wildman–Crippen LogP) is 1.87. The van der Waals surface area contributed by atoms with E-state index in [-0.39, 0.29) is 17.2 Å². The third kappa shape index (κ3) is 2.77. The Kier molecular flexibility index (Phi) is 3.69. The van der Waals surface area contributed by atoms with Gasteiger partial charge in [-0.25, -0.2) is 4.79 Å². The molecule has 0 aliphatic rings. The van der Waals surface area contributed by atoms with Gasteiger partial charge in [-0.15, -0.1) is 0 Å². The van der Waals surface area contributed by atoms with E-state index in [0.29, 0.717) is 0 Å². The van der Waals surface area contributed by atoms with Crippen LogP contribution in [-0.2, 0) is 0 Å². The molecule has 0 saturated carbocycles. The standard InChI is InChI=1S/C13H14N4O3/c1-17(2)12(18)10-5-8(9-6-14-15-7-9)3-4-11(10)16-13(19)20/h3-7,16H,1-2H3,(H,14,15)(H,19,20). The van der Waals surface area contributed by atoms with E-state index in [1.807, 2.05) is 0 Å². The smallest absolute Gasteiger partial charge is 0.409 e. The van der Waals surface area contributed by atoms with Crippen molar-refractivity contribution in [2.75, 3.05) is 19.4 Å². The van der Waals surface area contributed by atoms with Gasteiger partial charge in [0.2, 0.25) is 0 Å². The summed E-state index contributed by atoms with van der Waals surface area (Å²) in [5, 5.41) is 17.6. The SMILES string of the molecule is CN(C)C(=O)c1cc(-c2cn[nH]c2)ccc1NC(=O)O. The van der Waals surface area contributed by atoms with Crippen LogP contribution >= 0.6 is 0 Å². The Morgan fingerprint density at radius 3 is 2.60 bits per heavy atom. The number of H-pyrrole nitrogens is 1. The fourth-order valence-electron chi connectivity index (χ4n) is 1.77. The monoisotopic (exact) mass is 274 g/mol. The van der Waals surface area contributed by atoms with Crippen LogP contribution in [0.25, 0.3) is 11.1 Å². The summed E-state index contributed by atoms with van der Waals surface area (Å²) in [6.07, 6.45) is 2.11. The second-order valence-corrected chi connectivity index (χ2v) is 4.38. The number of nitrogens with zero attached hydrogens (tertiary/aromatic N) is 2. The van der Waals surface area contributed by atoms with Gasteiger partial charge in [-0.1, -0.05) is 6.07 Å². The molecule has 2 rings (SSSR count). The van der Waals surface area contributed by atoms with Crippen molar-refractivity contribution in [3.05, 3.63) is 36.2 Å². The van der Waals surface area contributed by atoms with Crippen molar-refractivity contribution in [1.82, 2.24) is 15.1 Å². The molecular weight excluding hydrogens is 260 g/mol. The molecule has 2 amide bonds. The summed E-state index contributed by atoms with van der Waals surface area (Å²) < 4.78 is 0. The first-order chi connectivity index (χ1) is 9.49. The van der Waals surface area contributed by atoms with E-state index in [0.717, 1.165) is 11.1 Å². The second-order valence-electron chi connectivity index (χ2n) is 4.38. The summed E-state index contributed by atoms with van der Waals surface area (Å²) in [6, 6.07) is 4.92. The molecule has 20 heavy (non-hydrogen) atoms. The molecular formula is C13H14N4O3. The molecule has 7 heteroatoms. The van der Waals surface area contributed by atoms with Gasteiger partial charge in [0, 0.05) is 25.9 Å². The third-order valence-corrected chi connectivity index (χ3v) is 2.73. The van der Waals surface area contributed by atoms with Crippen molar-refractivity contribution >= 4 is 17.7 Å². The van der Waals surface area contributed by atoms with Gasteiger partial charge in [-0.3, -0.25) is 15.2 Å². The van der Waals surface area contributed by atoms with Gasteiger partial charge >= 0.3 is 6.09 Å². The van der Waals surface area contributed by atoms with Crippen molar-refractivity contribution < 1.29 is 14.7 Å². The number of rotatable bonds is 3. The highest BCUT2D eigenvalue weighted by Gasteiger charge is 2.16. The Labute approximate surface area is 115 Å². The van der Waals surface area contributed by atoms with Crippen LogP contribution in [0.1, 0.15) is 10.4 Å². The van der Waals surface area contributed by atoms with Crippen molar-refractivity contribution in [2.45, 2.75) is 0 Å². The lowest BCUT2D eigenvalue weighted by Crippen LogP contribution is -2.23. The molecule has 0 spiro atoms. The maximum absolute atomic E-state index is 12.1. The fourth-order valence-corrected chi connectivity index (χ4v) is 1.77. The number of nitrogens with one attached hydrogen (secondary N) is 2. The molecule has 0 fully saturated rings. The Balaban J connectivity index is 2.49. The van der Waals surface area contributed by atoms with Crippen LogP contribution in [0.4, 0.5) is 10.5 Å². The fraction of sp³-hybridized carbons (Fsp3) is 0.154. The van der Waals surface area contributed by atoms with Gasteiger partial charge in [0.1, 0.15) is 0 Å².